The predicted molar refractivity (Wildman–Crippen MR) is 139 cm³/mol. The number of benzene rings is 4. The van der Waals surface area contributed by atoms with Crippen LogP contribution in [0.4, 0.5) is 10.1 Å². The quantitative estimate of drug-likeness (QED) is 0.285. The smallest absolute Gasteiger partial charge is 0.335 e. The predicted octanol–water partition coefficient (Wildman–Crippen LogP) is 6.14. The number of anilines is 1. The average molecular weight is 469 g/mol. The monoisotopic (exact) mass is 468 g/mol. The number of aromatic carboxylic acids is 1. The summed E-state index contributed by atoms with van der Waals surface area (Å²) in [6.45, 7) is 3.38. The molecule has 178 valence electrons. The van der Waals surface area contributed by atoms with Gasteiger partial charge in [0.2, 0.25) is 0 Å². The molecule has 0 radical (unpaired) electrons. The molecule has 0 aliphatic carbocycles. The largest absolute Gasteiger partial charge is 0.478 e. The van der Waals surface area contributed by atoms with Crippen LogP contribution in [-0.2, 0) is 12.8 Å². The molecule has 0 bridgehead atoms. The van der Waals surface area contributed by atoms with Gasteiger partial charge < -0.3 is 15.7 Å². The van der Waals surface area contributed by atoms with Crippen LogP contribution in [0.25, 0.3) is 10.8 Å². The lowest BCUT2D eigenvalue weighted by molar-refractivity contribution is 0.0696. The van der Waals surface area contributed by atoms with Crippen LogP contribution in [0, 0.1) is 18.7 Å². The van der Waals surface area contributed by atoms with E-state index in [1.54, 1.807) is 12.1 Å². The molecule has 1 heterocycles. The first-order chi connectivity index (χ1) is 17.0. The minimum absolute atomic E-state index is 0.00255. The molecule has 1 aliphatic rings. The van der Waals surface area contributed by atoms with Gasteiger partial charge in [-0.2, -0.15) is 0 Å². The second-order valence-electron chi connectivity index (χ2n) is 9.33. The maximum absolute atomic E-state index is 14.2. The molecule has 35 heavy (non-hydrogen) atoms. The lowest BCUT2D eigenvalue weighted by atomic mass is 9.82. The molecule has 5 rings (SSSR count). The molecule has 0 spiro atoms. The summed E-state index contributed by atoms with van der Waals surface area (Å²) >= 11 is 0. The van der Waals surface area contributed by atoms with Crippen molar-refractivity contribution in [2.24, 2.45) is 5.92 Å². The second-order valence-corrected chi connectivity index (χ2v) is 9.33. The van der Waals surface area contributed by atoms with Crippen LogP contribution in [-0.4, -0.2) is 24.2 Å². The van der Waals surface area contributed by atoms with Crippen LogP contribution in [0.2, 0.25) is 0 Å². The maximum atomic E-state index is 14.2. The molecule has 4 aromatic rings. The summed E-state index contributed by atoms with van der Waals surface area (Å²) in [7, 11) is 0. The molecule has 4 nitrogen and oxygen atoms in total. The van der Waals surface area contributed by atoms with Crippen molar-refractivity contribution in [2.45, 2.75) is 25.8 Å². The van der Waals surface area contributed by atoms with Gasteiger partial charge in [-0.25, -0.2) is 9.18 Å². The molecule has 0 saturated heterocycles. The molecule has 0 saturated carbocycles. The number of aryl methyl sites for hydroxylation is 1. The summed E-state index contributed by atoms with van der Waals surface area (Å²) < 4.78 is 14.2. The number of hydrogen-bond acceptors (Lipinski definition) is 3. The van der Waals surface area contributed by atoms with E-state index >= 15 is 0 Å². The fourth-order valence-corrected chi connectivity index (χ4v) is 5.19. The Balaban J connectivity index is 1.33. The number of hydrogen-bond donors (Lipinski definition) is 3. The first-order valence-electron chi connectivity index (χ1n) is 12.1. The SMILES string of the molecule is Cc1ccc(C2Nc3ccccc3C[C@@H]2CNCCc2ccc(F)c3ccccc23)cc1C(=O)O. The van der Waals surface area contributed by atoms with Crippen LogP contribution in [0.1, 0.15) is 38.7 Å². The molecule has 0 fully saturated rings. The first kappa shape index (κ1) is 23.1. The van der Waals surface area contributed by atoms with Crippen LogP contribution < -0.4 is 10.6 Å². The van der Waals surface area contributed by atoms with Crippen LogP contribution in [0.3, 0.4) is 0 Å². The van der Waals surface area contributed by atoms with E-state index in [-0.39, 0.29) is 17.8 Å². The van der Waals surface area contributed by atoms with Crippen molar-refractivity contribution in [3.63, 3.8) is 0 Å². The Morgan fingerprint density at radius 3 is 2.63 bits per heavy atom. The number of halogens is 1. The van der Waals surface area contributed by atoms with Crippen molar-refractivity contribution >= 4 is 22.4 Å². The van der Waals surface area contributed by atoms with E-state index < -0.39 is 5.97 Å². The molecule has 4 aromatic carbocycles. The van der Waals surface area contributed by atoms with Crippen molar-refractivity contribution in [2.75, 3.05) is 18.4 Å². The Hall–Kier alpha value is -3.70. The standard InChI is InChI=1S/C30H29FN2O2/c1-19-10-11-22(17-26(19)30(34)35)29-23(16-21-6-2-5-9-28(21)33-29)18-32-15-14-20-12-13-27(31)25-8-4-3-7-24(20)25/h2-13,17,23,29,32-33H,14-16,18H2,1H3,(H,34,35)/t23-,29?/m1/s1. The van der Waals surface area contributed by atoms with Gasteiger partial charge in [-0.15, -0.1) is 0 Å². The van der Waals surface area contributed by atoms with Gasteiger partial charge in [-0.3, -0.25) is 0 Å². The van der Waals surface area contributed by atoms with E-state index in [1.165, 1.54) is 5.56 Å². The Labute approximate surface area is 204 Å². The molecule has 5 heteroatoms. The van der Waals surface area contributed by atoms with E-state index in [0.717, 1.165) is 53.7 Å². The van der Waals surface area contributed by atoms with Crippen molar-refractivity contribution in [3.8, 4) is 0 Å². The van der Waals surface area contributed by atoms with Gasteiger partial charge in [-0.05, 0) is 78.1 Å². The number of carbonyl (C=O) groups is 1. The van der Waals surface area contributed by atoms with Gasteiger partial charge in [0.1, 0.15) is 5.82 Å². The van der Waals surface area contributed by atoms with Gasteiger partial charge in [0.25, 0.3) is 0 Å². The Morgan fingerprint density at radius 1 is 1.03 bits per heavy atom. The highest BCUT2D eigenvalue weighted by Crippen LogP contribution is 2.37. The number of rotatable bonds is 7. The van der Waals surface area contributed by atoms with Gasteiger partial charge >= 0.3 is 5.97 Å². The average Bonchev–Trinajstić information content (AvgIpc) is 2.87. The van der Waals surface area contributed by atoms with Crippen molar-refractivity contribution in [3.05, 3.63) is 112 Å². The summed E-state index contributed by atoms with van der Waals surface area (Å²) in [5.41, 5.74) is 5.59. The van der Waals surface area contributed by atoms with E-state index in [2.05, 4.69) is 28.8 Å². The highest BCUT2D eigenvalue weighted by atomic mass is 19.1. The minimum atomic E-state index is -0.901. The number of fused-ring (bicyclic) bond motifs is 2. The third kappa shape index (κ3) is 4.77. The van der Waals surface area contributed by atoms with Crippen LogP contribution in [0.5, 0.6) is 0 Å². The number of nitrogens with one attached hydrogen (secondary N) is 2. The summed E-state index contributed by atoms with van der Waals surface area (Å²) in [6, 6.07) is 25.1. The summed E-state index contributed by atoms with van der Waals surface area (Å²) in [4.78, 5) is 11.7. The number of carboxylic acid groups (broad SMARTS) is 1. The molecule has 0 amide bonds. The van der Waals surface area contributed by atoms with E-state index in [0.29, 0.717) is 10.9 Å². The van der Waals surface area contributed by atoms with Crippen LogP contribution >= 0.6 is 0 Å². The Bertz CT molecular complexity index is 1380. The molecular weight excluding hydrogens is 439 g/mol. The fourth-order valence-electron chi connectivity index (χ4n) is 5.19. The summed E-state index contributed by atoms with van der Waals surface area (Å²) in [5.74, 6) is -0.841. The van der Waals surface area contributed by atoms with E-state index in [9.17, 15) is 14.3 Å². The first-order valence-corrected chi connectivity index (χ1v) is 12.1. The molecule has 3 N–H and O–H groups in total. The van der Waals surface area contributed by atoms with Gasteiger partial charge in [0, 0.05) is 17.6 Å². The van der Waals surface area contributed by atoms with E-state index in [1.807, 2.05) is 55.5 Å². The minimum Gasteiger partial charge on any atom is -0.478 e. The van der Waals surface area contributed by atoms with Crippen LogP contribution in [0.15, 0.2) is 78.9 Å². The molecular formula is C30H29FN2O2. The topological polar surface area (TPSA) is 61.4 Å². The van der Waals surface area contributed by atoms with Crippen molar-refractivity contribution < 1.29 is 14.3 Å². The Kier molecular flexibility index (Phi) is 6.51. The van der Waals surface area contributed by atoms with Gasteiger partial charge in [0.05, 0.1) is 11.6 Å². The summed E-state index contributed by atoms with van der Waals surface area (Å²) in [6.07, 6.45) is 1.70. The van der Waals surface area contributed by atoms with Gasteiger partial charge in [0.15, 0.2) is 0 Å². The van der Waals surface area contributed by atoms with E-state index in [4.69, 9.17) is 0 Å². The molecule has 1 unspecified atom stereocenters. The molecule has 0 aromatic heterocycles. The highest BCUT2D eigenvalue weighted by Gasteiger charge is 2.29. The van der Waals surface area contributed by atoms with Crippen molar-refractivity contribution in [1.82, 2.24) is 5.32 Å². The highest BCUT2D eigenvalue weighted by molar-refractivity contribution is 5.89. The summed E-state index contributed by atoms with van der Waals surface area (Å²) in [5, 5.41) is 18.5. The third-order valence-electron chi connectivity index (χ3n) is 7.07. The Morgan fingerprint density at radius 2 is 1.80 bits per heavy atom. The normalized spacial score (nSPS) is 17.1. The zero-order valence-corrected chi connectivity index (χ0v) is 19.7. The van der Waals surface area contributed by atoms with Gasteiger partial charge in [-0.1, -0.05) is 60.7 Å². The maximum Gasteiger partial charge on any atom is 0.335 e. The zero-order chi connectivity index (χ0) is 24.4. The van der Waals surface area contributed by atoms with Crippen molar-refractivity contribution in [1.29, 1.82) is 0 Å². The second kappa shape index (κ2) is 9.88. The number of carboxylic acids is 1. The zero-order valence-electron chi connectivity index (χ0n) is 19.7. The lowest BCUT2D eigenvalue weighted by Gasteiger charge is -2.35. The fraction of sp³-hybridized carbons (Fsp3) is 0.233. The molecule has 2 atom stereocenters. The molecule has 1 aliphatic heterocycles. The third-order valence-corrected chi connectivity index (χ3v) is 7.07. The lowest BCUT2D eigenvalue weighted by Crippen LogP contribution is -2.36. The number of para-hydroxylation sites is 1.